The smallest absolute Gasteiger partial charge is 0.0646 e. The number of hydrogen-bond acceptors (Lipinski definition) is 3. The molecular formula is C20H24ClN3. The Labute approximate surface area is 149 Å². The highest BCUT2D eigenvalue weighted by molar-refractivity contribution is 6.30. The Morgan fingerprint density at radius 2 is 1.58 bits per heavy atom. The molecule has 1 fully saturated rings. The van der Waals surface area contributed by atoms with Crippen molar-refractivity contribution in [3.63, 3.8) is 0 Å². The summed E-state index contributed by atoms with van der Waals surface area (Å²) in [6, 6.07) is 16.7. The fourth-order valence-electron chi connectivity index (χ4n) is 2.91. The molecule has 1 saturated heterocycles. The van der Waals surface area contributed by atoms with Crippen LogP contribution in [-0.2, 0) is 6.54 Å². The number of nitrogens with zero attached hydrogens (tertiary/aromatic N) is 3. The maximum Gasteiger partial charge on any atom is 0.0646 e. The van der Waals surface area contributed by atoms with Gasteiger partial charge in [-0.05, 0) is 37.1 Å². The van der Waals surface area contributed by atoms with E-state index >= 15 is 0 Å². The lowest BCUT2D eigenvalue weighted by atomic mass is 10.1. The van der Waals surface area contributed by atoms with Crippen molar-refractivity contribution >= 4 is 17.3 Å². The molecule has 4 heteroatoms. The molecule has 1 heterocycles. The number of halogens is 1. The van der Waals surface area contributed by atoms with Crippen molar-refractivity contribution in [1.29, 1.82) is 0 Å². The molecule has 126 valence electrons. The van der Waals surface area contributed by atoms with Gasteiger partial charge in [0.15, 0.2) is 0 Å². The van der Waals surface area contributed by atoms with E-state index in [1.807, 2.05) is 24.3 Å². The van der Waals surface area contributed by atoms with Gasteiger partial charge < -0.3 is 0 Å². The molecule has 1 aliphatic heterocycles. The molecule has 0 spiro atoms. The SMILES string of the molecule is C/C(=N/N1CCN(Cc2ccc(C)cc2)CC1)c1ccc(Cl)cc1. The van der Waals surface area contributed by atoms with Crippen LogP contribution in [0.4, 0.5) is 0 Å². The topological polar surface area (TPSA) is 18.8 Å². The maximum absolute atomic E-state index is 5.94. The van der Waals surface area contributed by atoms with Crippen molar-refractivity contribution < 1.29 is 0 Å². The van der Waals surface area contributed by atoms with Crippen molar-refractivity contribution in [1.82, 2.24) is 9.91 Å². The van der Waals surface area contributed by atoms with Gasteiger partial charge in [-0.15, -0.1) is 0 Å². The van der Waals surface area contributed by atoms with Gasteiger partial charge in [-0.3, -0.25) is 9.91 Å². The first-order chi connectivity index (χ1) is 11.6. The van der Waals surface area contributed by atoms with E-state index in [2.05, 4.69) is 48.0 Å². The lowest BCUT2D eigenvalue weighted by Crippen LogP contribution is -2.43. The molecule has 0 aliphatic carbocycles. The molecule has 0 amide bonds. The van der Waals surface area contributed by atoms with Crippen LogP contribution in [0.3, 0.4) is 0 Å². The monoisotopic (exact) mass is 341 g/mol. The van der Waals surface area contributed by atoms with Crippen LogP contribution in [0, 0.1) is 6.92 Å². The molecule has 0 unspecified atom stereocenters. The molecule has 24 heavy (non-hydrogen) atoms. The highest BCUT2D eigenvalue weighted by Crippen LogP contribution is 2.13. The molecule has 0 bridgehead atoms. The standard InChI is InChI=1S/C20H24ClN3/c1-16-3-5-18(6-4-16)15-23-11-13-24(14-12-23)22-17(2)19-7-9-20(21)10-8-19/h3-10H,11-15H2,1-2H3/b22-17-. The summed E-state index contributed by atoms with van der Waals surface area (Å²) in [6.07, 6.45) is 0. The predicted molar refractivity (Wildman–Crippen MR) is 102 cm³/mol. The second-order valence-corrected chi connectivity index (χ2v) is 6.84. The first-order valence-corrected chi connectivity index (χ1v) is 8.82. The van der Waals surface area contributed by atoms with Crippen molar-refractivity contribution in [3.05, 3.63) is 70.2 Å². The highest BCUT2D eigenvalue weighted by Gasteiger charge is 2.16. The molecule has 0 aromatic heterocycles. The van der Waals surface area contributed by atoms with Crippen LogP contribution >= 0.6 is 11.6 Å². The van der Waals surface area contributed by atoms with Crippen LogP contribution in [0.25, 0.3) is 0 Å². The fourth-order valence-corrected chi connectivity index (χ4v) is 3.03. The van der Waals surface area contributed by atoms with Gasteiger partial charge in [-0.25, -0.2) is 0 Å². The van der Waals surface area contributed by atoms with Crippen molar-refractivity contribution in [2.24, 2.45) is 5.10 Å². The van der Waals surface area contributed by atoms with Crippen molar-refractivity contribution in [2.45, 2.75) is 20.4 Å². The quantitative estimate of drug-likeness (QED) is 0.776. The molecule has 2 aromatic rings. The third-order valence-electron chi connectivity index (χ3n) is 4.43. The second kappa shape index (κ2) is 7.82. The Balaban J connectivity index is 1.53. The van der Waals surface area contributed by atoms with Gasteiger partial charge >= 0.3 is 0 Å². The Morgan fingerprint density at radius 3 is 2.21 bits per heavy atom. The normalized spacial score (nSPS) is 16.5. The van der Waals surface area contributed by atoms with E-state index in [0.717, 1.165) is 49.0 Å². The van der Waals surface area contributed by atoms with E-state index in [-0.39, 0.29) is 0 Å². The molecule has 2 aromatic carbocycles. The summed E-state index contributed by atoms with van der Waals surface area (Å²) < 4.78 is 0. The lowest BCUT2D eigenvalue weighted by molar-refractivity contribution is 0.130. The molecule has 0 saturated carbocycles. The Kier molecular flexibility index (Phi) is 5.54. The summed E-state index contributed by atoms with van der Waals surface area (Å²) in [4.78, 5) is 2.49. The number of hydrazone groups is 1. The van der Waals surface area contributed by atoms with E-state index in [1.54, 1.807) is 0 Å². The average Bonchev–Trinajstić information content (AvgIpc) is 2.59. The third-order valence-corrected chi connectivity index (χ3v) is 4.68. The maximum atomic E-state index is 5.94. The van der Waals surface area contributed by atoms with Crippen LogP contribution in [-0.4, -0.2) is 41.8 Å². The molecule has 0 atom stereocenters. The minimum Gasteiger partial charge on any atom is -0.295 e. The largest absolute Gasteiger partial charge is 0.295 e. The van der Waals surface area contributed by atoms with E-state index < -0.39 is 0 Å². The summed E-state index contributed by atoms with van der Waals surface area (Å²) in [7, 11) is 0. The van der Waals surface area contributed by atoms with Gasteiger partial charge in [0, 0.05) is 37.7 Å². The zero-order valence-electron chi connectivity index (χ0n) is 14.4. The molecule has 3 rings (SSSR count). The first kappa shape index (κ1) is 17.0. The summed E-state index contributed by atoms with van der Waals surface area (Å²) in [5, 5.41) is 7.71. The summed E-state index contributed by atoms with van der Waals surface area (Å²) in [5.74, 6) is 0. The van der Waals surface area contributed by atoms with Gasteiger partial charge in [0.2, 0.25) is 0 Å². The fraction of sp³-hybridized carbons (Fsp3) is 0.350. The Bertz CT molecular complexity index is 684. The summed E-state index contributed by atoms with van der Waals surface area (Å²) in [5.41, 5.74) is 4.87. The van der Waals surface area contributed by atoms with Crippen molar-refractivity contribution in [2.75, 3.05) is 26.2 Å². The molecule has 3 nitrogen and oxygen atoms in total. The summed E-state index contributed by atoms with van der Waals surface area (Å²) in [6.45, 7) is 9.24. The minimum absolute atomic E-state index is 0.760. The summed E-state index contributed by atoms with van der Waals surface area (Å²) >= 11 is 5.94. The number of hydrogen-bond donors (Lipinski definition) is 0. The first-order valence-electron chi connectivity index (χ1n) is 8.44. The zero-order chi connectivity index (χ0) is 16.9. The van der Waals surface area contributed by atoms with Crippen LogP contribution < -0.4 is 0 Å². The minimum atomic E-state index is 0.760. The van der Waals surface area contributed by atoms with Gasteiger partial charge in [-0.2, -0.15) is 5.10 Å². The van der Waals surface area contributed by atoms with Gasteiger partial charge in [0.05, 0.1) is 5.71 Å². The molecule has 0 radical (unpaired) electrons. The predicted octanol–water partition coefficient (Wildman–Crippen LogP) is 4.19. The number of benzene rings is 2. The van der Waals surface area contributed by atoms with Crippen LogP contribution in [0.2, 0.25) is 5.02 Å². The highest BCUT2D eigenvalue weighted by atomic mass is 35.5. The second-order valence-electron chi connectivity index (χ2n) is 6.41. The van der Waals surface area contributed by atoms with Crippen LogP contribution in [0.15, 0.2) is 53.6 Å². The Morgan fingerprint density at radius 1 is 0.958 bits per heavy atom. The lowest BCUT2D eigenvalue weighted by Gasteiger charge is -2.33. The van der Waals surface area contributed by atoms with E-state index in [1.165, 1.54) is 11.1 Å². The third kappa shape index (κ3) is 4.59. The molecular weight excluding hydrogens is 318 g/mol. The molecule has 1 aliphatic rings. The number of aryl methyl sites for hydroxylation is 1. The Hall–Kier alpha value is -1.84. The van der Waals surface area contributed by atoms with Crippen LogP contribution in [0.5, 0.6) is 0 Å². The van der Waals surface area contributed by atoms with Gasteiger partial charge in [0.25, 0.3) is 0 Å². The average molecular weight is 342 g/mol. The van der Waals surface area contributed by atoms with Crippen LogP contribution in [0.1, 0.15) is 23.6 Å². The molecule has 0 N–H and O–H groups in total. The van der Waals surface area contributed by atoms with E-state index in [4.69, 9.17) is 16.7 Å². The van der Waals surface area contributed by atoms with Crippen molar-refractivity contribution in [3.8, 4) is 0 Å². The van der Waals surface area contributed by atoms with Gasteiger partial charge in [0.1, 0.15) is 0 Å². The van der Waals surface area contributed by atoms with Gasteiger partial charge in [-0.1, -0.05) is 53.6 Å². The number of piperazine rings is 1. The van der Waals surface area contributed by atoms with E-state index in [9.17, 15) is 0 Å². The van der Waals surface area contributed by atoms with E-state index in [0.29, 0.717) is 0 Å². The zero-order valence-corrected chi connectivity index (χ0v) is 15.1. The number of rotatable bonds is 4.